The third-order valence-electron chi connectivity index (χ3n) is 6.26. The van der Waals surface area contributed by atoms with E-state index < -0.39 is 12.0 Å². The SMILES string of the molecule is Cc1c(C(=O)N2C(C(=O)O)CC3CCCCC32)[nH]c2c1C(=O)CCC2. The number of rotatable bonds is 2. The van der Waals surface area contributed by atoms with E-state index in [1.54, 1.807) is 11.8 Å². The van der Waals surface area contributed by atoms with Crippen LogP contribution >= 0.6 is 0 Å². The third kappa shape index (κ3) is 2.50. The van der Waals surface area contributed by atoms with Gasteiger partial charge in [0.25, 0.3) is 5.91 Å². The van der Waals surface area contributed by atoms with Crippen LogP contribution in [0.1, 0.15) is 77.0 Å². The van der Waals surface area contributed by atoms with Gasteiger partial charge in [0.15, 0.2) is 5.78 Å². The molecular weight excluding hydrogens is 320 g/mol. The van der Waals surface area contributed by atoms with Gasteiger partial charge in [0, 0.05) is 23.7 Å². The summed E-state index contributed by atoms with van der Waals surface area (Å²) in [5, 5.41) is 9.64. The van der Waals surface area contributed by atoms with Crippen LogP contribution < -0.4 is 0 Å². The number of H-pyrrole nitrogens is 1. The van der Waals surface area contributed by atoms with Crippen LogP contribution in [0, 0.1) is 12.8 Å². The number of nitrogens with zero attached hydrogens (tertiary/aromatic N) is 1. The Kier molecular flexibility index (Phi) is 3.93. The molecule has 3 unspecified atom stereocenters. The number of aryl methyl sites for hydroxylation is 1. The fourth-order valence-electron chi connectivity index (χ4n) is 5.09. The summed E-state index contributed by atoms with van der Waals surface area (Å²) in [5.74, 6) is -0.805. The summed E-state index contributed by atoms with van der Waals surface area (Å²) >= 11 is 0. The number of aromatic nitrogens is 1. The Morgan fingerprint density at radius 3 is 2.64 bits per heavy atom. The molecule has 4 rings (SSSR count). The Hall–Kier alpha value is -2.11. The molecular formula is C19H24N2O4. The van der Waals surface area contributed by atoms with E-state index in [4.69, 9.17) is 0 Å². The molecule has 3 atom stereocenters. The molecule has 0 radical (unpaired) electrons. The van der Waals surface area contributed by atoms with Crippen molar-refractivity contribution in [3.8, 4) is 0 Å². The first kappa shape index (κ1) is 16.4. The molecule has 6 nitrogen and oxygen atoms in total. The molecule has 2 N–H and O–H groups in total. The van der Waals surface area contributed by atoms with Crippen molar-refractivity contribution in [2.45, 2.75) is 70.4 Å². The lowest BCUT2D eigenvalue weighted by Gasteiger charge is -2.32. The number of likely N-dealkylation sites (tertiary alicyclic amines) is 1. The normalized spacial score (nSPS) is 28.6. The summed E-state index contributed by atoms with van der Waals surface area (Å²) in [6.45, 7) is 1.80. The molecule has 3 aliphatic rings. The van der Waals surface area contributed by atoms with Gasteiger partial charge in [0.2, 0.25) is 0 Å². The third-order valence-corrected chi connectivity index (χ3v) is 6.26. The lowest BCUT2D eigenvalue weighted by Crippen LogP contribution is -2.46. The lowest BCUT2D eigenvalue weighted by molar-refractivity contribution is -0.141. The molecule has 1 amide bonds. The number of carbonyl (C=O) groups is 3. The molecule has 25 heavy (non-hydrogen) atoms. The number of aromatic amines is 1. The largest absolute Gasteiger partial charge is 0.480 e. The Labute approximate surface area is 146 Å². The highest BCUT2D eigenvalue weighted by Crippen LogP contribution is 2.41. The summed E-state index contributed by atoms with van der Waals surface area (Å²) < 4.78 is 0. The summed E-state index contributed by atoms with van der Waals surface area (Å²) in [7, 11) is 0. The van der Waals surface area contributed by atoms with Gasteiger partial charge in [-0.1, -0.05) is 12.8 Å². The number of amides is 1. The van der Waals surface area contributed by atoms with Gasteiger partial charge in [0.05, 0.1) is 0 Å². The van der Waals surface area contributed by atoms with Gasteiger partial charge >= 0.3 is 5.97 Å². The molecule has 0 aromatic carbocycles. The molecule has 2 fully saturated rings. The maximum Gasteiger partial charge on any atom is 0.326 e. The van der Waals surface area contributed by atoms with Crippen LogP contribution in [0.2, 0.25) is 0 Å². The van der Waals surface area contributed by atoms with Gasteiger partial charge in [-0.3, -0.25) is 9.59 Å². The highest BCUT2D eigenvalue weighted by molar-refractivity contribution is 6.05. The molecule has 1 aromatic heterocycles. The van der Waals surface area contributed by atoms with E-state index in [1.807, 2.05) is 0 Å². The smallest absolute Gasteiger partial charge is 0.326 e. The number of carboxylic acid groups (broad SMARTS) is 1. The zero-order chi connectivity index (χ0) is 17.7. The number of Topliss-reactive ketones (excluding diaryl/α,β-unsaturated/α-hetero) is 1. The van der Waals surface area contributed by atoms with E-state index in [2.05, 4.69) is 4.98 Å². The summed E-state index contributed by atoms with van der Waals surface area (Å²) in [5.41, 5.74) is 2.59. The second-order valence-corrected chi connectivity index (χ2v) is 7.67. The standard InChI is InChI=1S/C19H24N2O4/c1-10-16-12(6-4-8-15(16)22)20-17(10)18(23)21-13-7-3-2-5-11(13)9-14(21)19(24)25/h11,13-14,20H,2-9H2,1H3,(H,24,25). The van der Waals surface area contributed by atoms with Crippen molar-refractivity contribution < 1.29 is 19.5 Å². The second-order valence-electron chi connectivity index (χ2n) is 7.67. The minimum atomic E-state index is -0.923. The van der Waals surface area contributed by atoms with Crippen molar-refractivity contribution in [3.63, 3.8) is 0 Å². The van der Waals surface area contributed by atoms with Crippen LogP contribution in [0.4, 0.5) is 0 Å². The first-order valence-corrected chi connectivity index (χ1v) is 9.29. The Morgan fingerprint density at radius 1 is 1.16 bits per heavy atom. The van der Waals surface area contributed by atoms with E-state index in [0.29, 0.717) is 29.7 Å². The van der Waals surface area contributed by atoms with Crippen LogP contribution in [0.15, 0.2) is 0 Å². The second kappa shape index (κ2) is 6.00. The molecule has 1 saturated heterocycles. The zero-order valence-corrected chi connectivity index (χ0v) is 14.5. The number of hydrogen-bond acceptors (Lipinski definition) is 3. The van der Waals surface area contributed by atoms with Crippen molar-refractivity contribution in [1.29, 1.82) is 0 Å². The topological polar surface area (TPSA) is 90.5 Å². The van der Waals surface area contributed by atoms with E-state index in [-0.39, 0.29) is 23.7 Å². The fraction of sp³-hybridized carbons (Fsp3) is 0.632. The van der Waals surface area contributed by atoms with Gasteiger partial charge in [-0.2, -0.15) is 0 Å². The summed E-state index contributed by atoms with van der Waals surface area (Å²) in [6.07, 6.45) is 6.65. The highest BCUT2D eigenvalue weighted by atomic mass is 16.4. The number of hydrogen-bond donors (Lipinski definition) is 2. The number of ketones is 1. The highest BCUT2D eigenvalue weighted by Gasteiger charge is 2.48. The Balaban J connectivity index is 1.72. The van der Waals surface area contributed by atoms with E-state index >= 15 is 0 Å². The number of carbonyl (C=O) groups excluding carboxylic acids is 2. The van der Waals surface area contributed by atoms with Crippen LogP contribution in [0.25, 0.3) is 0 Å². The monoisotopic (exact) mass is 344 g/mol. The molecule has 1 aromatic rings. The van der Waals surface area contributed by atoms with Crippen LogP contribution in [-0.2, 0) is 11.2 Å². The van der Waals surface area contributed by atoms with Crippen LogP contribution in [0.5, 0.6) is 0 Å². The average Bonchev–Trinajstić information content (AvgIpc) is 3.14. The van der Waals surface area contributed by atoms with Crippen LogP contribution in [-0.4, -0.2) is 44.7 Å². The van der Waals surface area contributed by atoms with Crippen molar-refractivity contribution >= 4 is 17.7 Å². The molecule has 134 valence electrons. The Bertz CT molecular complexity index is 751. The molecule has 2 heterocycles. The molecule has 2 aliphatic carbocycles. The first-order chi connectivity index (χ1) is 12.0. The quantitative estimate of drug-likeness (QED) is 0.863. The minimum Gasteiger partial charge on any atom is -0.480 e. The van der Waals surface area contributed by atoms with Crippen LogP contribution in [0.3, 0.4) is 0 Å². The van der Waals surface area contributed by atoms with Gasteiger partial charge in [-0.05, 0) is 50.5 Å². The van der Waals surface area contributed by atoms with E-state index in [9.17, 15) is 19.5 Å². The van der Waals surface area contributed by atoms with Gasteiger partial charge in [-0.25, -0.2) is 4.79 Å². The van der Waals surface area contributed by atoms with Crippen molar-refractivity contribution in [1.82, 2.24) is 9.88 Å². The number of fused-ring (bicyclic) bond motifs is 2. The minimum absolute atomic E-state index is 0.0118. The maximum atomic E-state index is 13.3. The van der Waals surface area contributed by atoms with Crippen molar-refractivity contribution in [2.24, 2.45) is 5.92 Å². The van der Waals surface area contributed by atoms with E-state index in [0.717, 1.165) is 44.2 Å². The summed E-state index contributed by atoms with van der Waals surface area (Å²) in [4.78, 5) is 42.0. The van der Waals surface area contributed by atoms with Crippen molar-refractivity contribution in [2.75, 3.05) is 0 Å². The van der Waals surface area contributed by atoms with Crippen molar-refractivity contribution in [3.05, 3.63) is 22.5 Å². The Morgan fingerprint density at radius 2 is 1.92 bits per heavy atom. The average molecular weight is 344 g/mol. The maximum absolute atomic E-state index is 13.3. The predicted octanol–water partition coefficient (Wildman–Crippen LogP) is 2.70. The van der Waals surface area contributed by atoms with E-state index in [1.165, 1.54) is 0 Å². The lowest BCUT2D eigenvalue weighted by atomic mass is 9.84. The first-order valence-electron chi connectivity index (χ1n) is 9.29. The number of nitrogens with one attached hydrogen (secondary N) is 1. The molecule has 6 heteroatoms. The van der Waals surface area contributed by atoms with Gasteiger partial charge in [-0.15, -0.1) is 0 Å². The molecule has 0 bridgehead atoms. The number of carboxylic acids is 1. The predicted molar refractivity (Wildman–Crippen MR) is 90.8 cm³/mol. The molecule has 0 spiro atoms. The van der Waals surface area contributed by atoms with Gasteiger partial charge in [0.1, 0.15) is 11.7 Å². The number of aliphatic carboxylic acids is 1. The van der Waals surface area contributed by atoms with Gasteiger partial charge < -0.3 is 15.0 Å². The summed E-state index contributed by atoms with van der Waals surface area (Å²) in [6, 6.07) is -0.742. The molecule has 1 aliphatic heterocycles. The zero-order valence-electron chi connectivity index (χ0n) is 14.5. The molecule has 1 saturated carbocycles. The fourth-order valence-corrected chi connectivity index (χ4v) is 5.09.